The van der Waals surface area contributed by atoms with Crippen molar-refractivity contribution in [1.82, 2.24) is 0 Å². The number of hydrogen-bond donors (Lipinski definition) is 1. The molecule has 0 unspecified atom stereocenters. The second-order valence-corrected chi connectivity index (χ2v) is 3.17. The Hall–Kier alpha value is -1.79. The van der Waals surface area contributed by atoms with Crippen molar-refractivity contribution in [1.29, 1.82) is 0 Å². The molecule has 0 atom stereocenters. The van der Waals surface area contributed by atoms with Crippen LogP contribution in [0.25, 0.3) is 0 Å². The van der Waals surface area contributed by atoms with Crippen LogP contribution in [0.1, 0.15) is 15.9 Å². The molecule has 2 N–H and O–H groups in total. The van der Waals surface area contributed by atoms with Crippen LogP contribution in [0.5, 0.6) is 11.5 Å². The summed E-state index contributed by atoms with van der Waals surface area (Å²) >= 11 is 0. The van der Waals surface area contributed by atoms with Gasteiger partial charge in [0.2, 0.25) is 0 Å². The van der Waals surface area contributed by atoms with E-state index >= 15 is 0 Å². The second kappa shape index (κ2) is 6.07. The third-order valence-corrected chi connectivity index (χ3v) is 2.22. The van der Waals surface area contributed by atoms with E-state index in [1.807, 2.05) is 0 Å². The van der Waals surface area contributed by atoms with Gasteiger partial charge in [-0.2, -0.15) is 0 Å². The molecular weight excluding hydrogens is 226 g/mol. The highest BCUT2D eigenvalue weighted by molar-refractivity contribution is 5.90. The predicted molar refractivity (Wildman–Crippen MR) is 59.9 cm³/mol. The third kappa shape index (κ3) is 2.86. The zero-order chi connectivity index (χ0) is 12.8. The summed E-state index contributed by atoms with van der Waals surface area (Å²) in [7, 11) is 4.28. The van der Waals surface area contributed by atoms with Crippen molar-refractivity contribution in [3.8, 4) is 11.5 Å². The highest BCUT2D eigenvalue weighted by atomic mass is 16.6. The first-order valence-electron chi connectivity index (χ1n) is 4.82. The minimum Gasteiger partial charge on any atom is -0.493 e. The van der Waals surface area contributed by atoms with E-state index in [9.17, 15) is 4.79 Å². The van der Waals surface area contributed by atoms with Crippen molar-refractivity contribution >= 4 is 5.97 Å². The number of hydrogen-bond acceptors (Lipinski definition) is 6. The minimum absolute atomic E-state index is 0.102. The molecule has 0 fully saturated rings. The van der Waals surface area contributed by atoms with Gasteiger partial charge in [0, 0.05) is 5.56 Å². The van der Waals surface area contributed by atoms with E-state index in [1.54, 1.807) is 6.07 Å². The van der Waals surface area contributed by atoms with Crippen LogP contribution in [0.4, 0.5) is 0 Å². The van der Waals surface area contributed by atoms with E-state index in [0.717, 1.165) is 0 Å². The van der Waals surface area contributed by atoms with Crippen molar-refractivity contribution in [3.63, 3.8) is 0 Å². The van der Waals surface area contributed by atoms with Crippen LogP contribution >= 0.6 is 0 Å². The number of carbonyl (C=O) groups excluding carboxylic acids is 1. The lowest BCUT2D eigenvalue weighted by Gasteiger charge is -2.13. The van der Waals surface area contributed by atoms with Crippen molar-refractivity contribution < 1.29 is 23.8 Å². The van der Waals surface area contributed by atoms with Gasteiger partial charge >= 0.3 is 5.97 Å². The van der Waals surface area contributed by atoms with E-state index in [1.165, 1.54) is 27.4 Å². The van der Waals surface area contributed by atoms with Crippen molar-refractivity contribution in [3.05, 3.63) is 23.3 Å². The van der Waals surface area contributed by atoms with Crippen molar-refractivity contribution in [2.75, 3.05) is 21.3 Å². The summed E-state index contributed by atoms with van der Waals surface area (Å²) in [6.07, 6.45) is 0. The van der Waals surface area contributed by atoms with E-state index in [-0.39, 0.29) is 6.61 Å². The monoisotopic (exact) mass is 241 g/mol. The molecule has 0 aliphatic rings. The Morgan fingerprint density at radius 2 is 1.94 bits per heavy atom. The predicted octanol–water partition coefficient (Wildman–Crippen LogP) is 0.881. The lowest BCUT2D eigenvalue weighted by atomic mass is 10.1. The van der Waals surface area contributed by atoms with E-state index < -0.39 is 5.97 Å². The maximum Gasteiger partial charge on any atom is 0.337 e. The Morgan fingerprint density at radius 1 is 1.24 bits per heavy atom. The van der Waals surface area contributed by atoms with Crippen LogP contribution in [0.15, 0.2) is 12.1 Å². The molecule has 0 aliphatic heterocycles. The van der Waals surface area contributed by atoms with Crippen LogP contribution in [-0.2, 0) is 16.2 Å². The number of ether oxygens (including phenoxy) is 3. The lowest BCUT2D eigenvalue weighted by molar-refractivity contribution is 0.0599. The van der Waals surface area contributed by atoms with Crippen molar-refractivity contribution in [2.45, 2.75) is 6.61 Å². The van der Waals surface area contributed by atoms with Crippen LogP contribution in [0.2, 0.25) is 0 Å². The zero-order valence-electron chi connectivity index (χ0n) is 9.98. The van der Waals surface area contributed by atoms with Gasteiger partial charge in [0.05, 0.1) is 33.5 Å². The average Bonchev–Trinajstić information content (AvgIpc) is 2.37. The summed E-state index contributed by atoms with van der Waals surface area (Å²) in [4.78, 5) is 16.0. The Kier molecular flexibility index (Phi) is 4.74. The quantitative estimate of drug-likeness (QED) is 0.609. The minimum atomic E-state index is -0.468. The molecule has 94 valence electrons. The van der Waals surface area contributed by atoms with Crippen LogP contribution in [-0.4, -0.2) is 27.3 Å². The van der Waals surface area contributed by atoms with Gasteiger partial charge in [0.25, 0.3) is 0 Å². The Morgan fingerprint density at radius 3 is 2.41 bits per heavy atom. The molecule has 0 aromatic heterocycles. The highest BCUT2D eigenvalue weighted by Gasteiger charge is 2.16. The first-order chi connectivity index (χ1) is 8.17. The molecule has 17 heavy (non-hydrogen) atoms. The third-order valence-electron chi connectivity index (χ3n) is 2.22. The second-order valence-electron chi connectivity index (χ2n) is 3.17. The summed E-state index contributed by atoms with van der Waals surface area (Å²) in [6, 6.07) is 3.12. The largest absolute Gasteiger partial charge is 0.493 e. The fourth-order valence-electron chi connectivity index (χ4n) is 1.48. The van der Waals surface area contributed by atoms with E-state index in [0.29, 0.717) is 22.6 Å². The molecule has 0 heterocycles. The van der Waals surface area contributed by atoms with Crippen LogP contribution in [0, 0.1) is 0 Å². The standard InChI is InChI=1S/C11H15NO5/c1-14-9-5-7(11(13)16-3)4-8(6-17-12)10(9)15-2/h4-5H,6,12H2,1-3H3. The summed E-state index contributed by atoms with van der Waals surface area (Å²) in [5.41, 5.74) is 0.951. The van der Waals surface area contributed by atoms with Gasteiger partial charge < -0.3 is 14.2 Å². The molecule has 1 aromatic carbocycles. The molecule has 6 nitrogen and oxygen atoms in total. The highest BCUT2D eigenvalue weighted by Crippen LogP contribution is 2.33. The molecule has 0 amide bonds. The molecule has 0 saturated heterocycles. The maximum atomic E-state index is 11.4. The van der Waals surface area contributed by atoms with Gasteiger partial charge in [-0.15, -0.1) is 0 Å². The van der Waals surface area contributed by atoms with Gasteiger partial charge in [0.1, 0.15) is 0 Å². The number of rotatable bonds is 5. The average molecular weight is 241 g/mol. The first kappa shape index (κ1) is 13.3. The SMILES string of the molecule is COC(=O)c1cc(CON)c(OC)c(OC)c1. The normalized spacial score (nSPS) is 9.88. The van der Waals surface area contributed by atoms with Crippen LogP contribution in [0.3, 0.4) is 0 Å². The fourth-order valence-corrected chi connectivity index (χ4v) is 1.48. The molecule has 0 radical (unpaired) electrons. The van der Waals surface area contributed by atoms with E-state index in [2.05, 4.69) is 9.57 Å². The molecular formula is C11H15NO5. The Balaban J connectivity index is 3.28. The summed E-state index contributed by atoms with van der Waals surface area (Å²) in [5, 5.41) is 0. The Labute approximate surface area is 99.2 Å². The molecule has 0 aliphatic carbocycles. The van der Waals surface area contributed by atoms with Gasteiger partial charge in [-0.1, -0.05) is 0 Å². The number of methoxy groups -OCH3 is 3. The molecule has 0 spiro atoms. The molecule has 0 bridgehead atoms. The van der Waals surface area contributed by atoms with Gasteiger partial charge in [-0.25, -0.2) is 10.7 Å². The number of nitrogens with two attached hydrogens (primary N) is 1. The van der Waals surface area contributed by atoms with Gasteiger partial charge in [-0.3, -0.25) is 4.84 Å². The Bertz CT molecular complexity index is 405. The number of esters is 1. The summed E-state index contributed by atoms with van der Waals surface area (Å²) in [5.74, 6) is 5.45. The maximum absolute atomic E-state index is 11.4. The summed E-state index contributed by atoms with van der Waals surface area (Å²) in [6.45, 7) is 0.102. The van der Waals surface area contributed by atoms with Gasteiger partial charge in [-0.05, 0) is 12.1 Å². The number of benzene rings is 1. The molecule has 6 heteroatoms. The molecule has 1 rings (SSSR count). The van der Waals surface area contributed by atoms with Gasteiger partial charge in [0.15, 0.2) is 11.5 Å². The van der Waals surface area contributed by atoms with Crippen molar-refractivity contribution in [2.24, 2.45) is 5.90 Å². The fraction of sp³-hybridized carbons (Fsp3) is 0.364. The topological polar surface area (TPSA) is 80.0 Å². The molecule has 0 saturated carbocycles. The molecule has 1 aromatic rings. The smallest absolute Gasteiger partial charge is 0.337 e. The lowest BCUT2D eigenvalue weighted by Crippen LogP contribution is -2.07. The van der Waals surface area contributed by atoms with E-state index in [4.69, 9.17) is 15.4 Å². The zero-order valence-corrected chi connectivity index (χ0v) is 9.98. The summed E-state index contributed by atoms with van der Waals surface area (Å²) < 4.78 is 14.9. The first-order valence-corrected chi connectivity index (χ1v) is 4.82. The number of carbonyl (C=O) groups is 1. The van der Waals surface area contributed by atoms with Crippen LogP contribution < -0.4 is 15.4 Å².